The molecule has 0 radical (unpaired) electrons. The van der Waals surface area contributed by atoms with Gasteiger partial charge in [-0.1, -0.05) is 6.42 Å². The van der Waals surface area contributed by atoms with Crippen LogP contribution in [0.2, 0.25) is 0 Å². The number of imidazole rings is 1. The fourth-order valence-electron chi connectivity index (χ4n) is 4.61. The SMILES string of the molecule is CNC1CCCC(c2nc3c(I)c(I)c(C)c4c3n2CCC4)CC1. The monoisotopic (exact) mass is 549 g/mol. The van der Waals surface area contributed by atoms with Crippen molar-refractivity contribution in [1.82, 2.24) is 14.9 Å². The molecule has 1 aromatic carbocycles. The predicted molar refractivity (Wildman–Crippen MR) is 117 cm³/mol. The van der Waals surface area contributed by atoms with Crippen LogP contribution in [0.5, 0.6) is 0 Å². The normalized spacial score (nSPS) is 24.3. The Bertz CT molecular complexity index is 781. The van der Waals surface area contributed by atoms with E-state index in [-0.39, 0.29) is 0 Å². The molecule has 1 N–H and O–H groups in total. The second-order valence-electron chi connectivity index (χ2n) is 7.34. The third-order valence-electron chi connectivity index (χ3n) is 6.02. The highest BCUT2D eigenvalue weighted by Crippen LogP contribution is 2.39. The molecule has 4 rings (SSSR count). The molecule has 2 aliphatic rings. The Morgan fingerprint density at radius 2 is 1.92 bits per heavy atom. The van der Waals surface area contributed by atoms with Crippen molar-refractivity contribution < 1.29 is 0 Å². The number of aryl methyl sites for hydroxylation is 2. The fraction of sp³-hybridized carbons (Fsp3) is 0.632. The van der Waals surface area contributed by atoms with E-state index in [1.54, 1.807) is 5.56 Å². The first-order chi connectivity index (χ1) is 11.6. The van der Waals surface area contributed by atoms with Gasteiger partial charge in [0, 0.05) is 22.1 Å². The van der Waals surface area contributed by atoms with E-state index in [1.165, 1.54) is 74.5 Å². The Morgan fingerprint density at radius 1 is 1.08 bits per heavy atom. The van der Waals surface area contributed by atoms with Crippen LogP contribution in [0.3, 0.4) is 0 Å². The van der Waals surface area contributed by atoms with Crippen LogP contribution >= 0.6 is 45.2 Å². The standard InChI is InChI=1S/C19H25I2N3/c1-11-14-7-4-10-24-18(14)17(16(21)15(11)20)23-19(24)12-5-3-6-13(22-2)9-8-12/h12-13,22H,3-10H2,1-2H3. The molecule has 1 aliphatic carbocycles. The molecule has 1 aromatic heterocycles. The quantitative estimate of drug-likeness (QED) is 0.416. The molecule has 1 saturated carbocycles. The van der Waals surface area contributed by atoms with E-state index in [9.17, 15) is 0 Å². The summed E-state index contributed by atoms with van der Waals surface area (Å²) in [7, 11) is 2.11. The van der Waals surface area contributed by atoms with Gasteiger partial charge in [0.1, 0.15) is 11.3 Å². The molecule has 2 aromatic rings. The summed E-state index contributed by atoms with van der Waals surface area (Å²) in [6.45, 7) is 3.45. The number of rotatable bonds is 2. The minimum Gasteiger partial charge on any atom is -0.327 e. The van der Waals surface area contributed by atoms with Gasteiger partial charge in [0.2, 0.25) is 0 Å². The highest BCUT2D eigenvalue weighted by Gasteiger charge is 2.28. The van der Waals surface area contributed by atoms with E-state index < -0.39 is 0 Å². The van der Waals surface area contributed by atoms with E-state index in [2.05, 4.69) is 69.0 Å². The summed E-state index contributed by atoms with van der Waals surface area (Å²) in [5.41, 5.74) is 5.76. The van der Waals surface area contributed by atoms with Gasteiger partial charge in [-0.15, -0.1) is 0 Å². The lowest BCUT2D eigenvalue weighted by Gasteiger charge is -2.22. The summed E-state index contributed by atoms with van der Waals surface area (Å²) in [5.74, 6) is 2.01. The average Bonchev–Trinajstić information content (AvgIpc) is 2.83. The predicted octanol–water partition coefficient (Wildman–Crippen LogP) is 5.14. The van der Waals surface area contributed by atoms with Crippen molar-refractivity contribution in [2.75, 3.05) is 7.05 Å². The van der Waals surface area contributed by atoms with Crippen LogP contribution in [0.4, 0.5) is 0 Å². The Balaban J connectivity index is 1.83. The van der Waals surface area contributed by atoms with Gasteiger partial charge in [-0.05, 0) is 109 Å². The maximum absolute atomic E-state index is 5.23. The number of nitrogens with zero attached hydrogens (tertiary/aromatic N) is 2. The Hall–Kier alpha value is 0.110. The molecule has 24 heavy (non-hydrogen) atoms. The first-order valence-corrected chi connectivity index (χ1v) is 11.3. The zero-order chi connectivity index (χ0) is 16.8. The minimum atomic E-state index is 0.635. The summed E-state index contributed by atoms with van der Waals surface area (Å²) in [4.78, 5) is 5.23. The van der Waals surface area contributed by atoms with Crippen molar-refractivity contribution in [2.24, 2.45) is 0 Å². The van der Waals surface area contributed by atoms with Crippen molar-refractivity contribution >= 4 is 56.2 Å². The molecule has 0 saturated heterocycles. The molecule has 2 heterocycles. The smallest absolute Gasteiger partial charge is 0.113 e. The van der Waals surface area contributed by atoms with Gasteiger partial charge in [-0.25, -0.2) is 4.98 Å². The number of benzene rings is 1. The van der Waals surface area contributed by atoms with Gasteiger partial charge >= 0.3 is 0 Å². The van der Waals surface area contributed by atoms with E-state index in [1.807, 2.05) is 0 Å². The van der Waals surface area contributed by atoms with Crippen molar-refractivity contribution in [3.63, 3.8) is 0 Å². The number of nitrogens with one attached hydrogen (secondary N) is 1. The zero-order valence-electron chi connectivity index (χ0n) is 14.5. The minimum absolute atomic E-state index is 0.635. The van der Waals surface area contributed by atoms with Crippen LogP contribution in [0.1, 0.15) is 61.4 Å². The first kappa shape index (κ1) is 17.5. The maximum atomic E-state index is 5.23. The lowest BCUT2D eigenvalue weighted by Crippen LogP contribution is -2.23. The van der Waals surface area contributed by atoms with E-state index >= 15 is 0 Å². The van der Waals surface area contributed by atoms with E-state index in [4.69, 9.17) is 4.98 Å². The van der Waals surface area contributed by atoms with Gasteiger partial charge in [0.25, 0.3) is 0 Å². The van der Waals surface area contributed by atoms with Gasteiger partial charge in [-0.2, -0.15) is 0 Å². The van der Waals surface area contributed by atoms with Gasteiger partial charge in [0.05, 0.1) is 9.09 Å². The van der Waals surface area contributed by atoms with Crippen LogP contribution < -0.4 is 5.32 Å². The van der Waals surface area contributed by atoms with Gasteiger partial charge in [0.15, 0.2) is 0 Å². The number of hydrogen-bond acceptors (Lipinski definition) is 2. The van der Waals surface area contributed by atoms with Crippen LogP contribution in [0.15, 0.2) is 0 Å². The van der Waals surface area contributed by atoms with Crippen LogP contribution in [-0.2, 0) is 13.0 Å². The molecule has 3 nitrogen and oxygen atoms in total. The summed E-state index contributed by atoms with van der Waals surface area (Å²) in [6, 6.07) is 0.694. The number of halogens is 2. The topological polar surface area (TPSA) is 29.9 Å². The second-order valence-corrected chi connectivity index (χ2v) is 9.50. The largest absolute Gasteiger partial charge is 0.327 e. The third kappa shape index (κ3) is 2.82. The van der Waals surface area contributed by atoms with E-state index in [0.29, 0.717) is 12.0 Å². The molecule has 0 amide bonds. The van der Waals surface area contributed by atoms with Crippen molar-refractivity contribution in [1.29, 1.82) is 0 Å². The summed E-state index contributed by atoms with van der Waals surface area (Å²) in [6.07, 6.45) is 8.96. The van der Waals surface area contributed by atoms with Gasteiger partial charge in [-0.3, -0.25) is 0 Å². The van der Waals surface area contributed by atoms with Gasteiger partial charge < -0.3 is 9.88 Å². The molecule has 1 fully saturated rings. The molecule has 0 bridgehead atoms. The lowest BCUT2D eigenvalue weighted by atomic mass is 9.97. The van der Waals surface area contributed by atoms with Crippen molar-refractivity contribution in [2.45, 2.75) is 70.4 Å². The molecule has 5 heteroatoms. The Labute approximate surface area is 171 Å². The van der Waals surface area contributed by atoms with Crippen LogP contribution in [0.25, 0.3) is 11.0 Å². The third-order valence-corrected chi connectivity index (χ3v) is 9.45. The van der Waals surface area contributed by atoms with Crippen molar-refractivity contribution in [3.05, 3.63) is 24.1 Å². The summed E-state index contributed by atoms with van der Waals surface area (Å²) >= 11 is 5.02. The van der Waals surface area contributed by atoms with E-state index in [0.717, 1.165) is 6.54 Å². The first-order valence-electron chi connectivity index (χ1n) is 9.15. The fourth-order valence-corrected chi connectivity index (χ4v) is 5.98. The lowest BCUT2D eigenvalue weighted by molar-refractivity contribution is 0.483. The summed E-state index contributed by atoms with van der Waals surface area (Å²) in [5, 5.41) is 3.49. The zero-order valence-corrected chi connectivity index (χ0v) is 18.8. The van der Waals surface area contributed by atoms with Crippen LogP contribution in [0, 0.1) is 14.1 Å². The highest BCUT2D eigenvalue weighted by molar-refractivity contribution is 14.1. The van der Waals surface area contributed by atoms with Crippen molar-refractivity contribution in [3.8, 4) is 0 Å². The number of aromatic nitrogens is 2. The Kier molecular flexibility index (Phi) is 5.13. The average molecular weight is 549 g/mol. The maximum Gasteiger partial charge on any atom is 0.113 e. The molecule has 0 spiro atoms. The Morgan fingerprint density at radius 3 is 2.71 bits per heavy atom. The van der Waals surface area contributed by atoms with Crippen LogP contribution in [-0.4, -0.2) is 22.6 Å². The molecular weight excluding hydrogens is 524 g/mol. The second kappa shape index (κ2) is 7.02. The molecule has 2 unspecified atom stereocenters. The molecule has 130 valence electrons. The number of hydrogen-bond donors (Lipinski definition) is 1. The molecule has 1 aliphatic heterocycles. The highest BCUT2D eigenvalue weighted by atomic mass is 127. The molecule has 2 atom stereocenters. The summed E-state index contributed by atoms with van der Waals surface area (Å²) < 4.78 is 5.35. The molecular formula is C19H25I2N3.